The summed E-state index contributed by atoms with van der Waals surface area (Å²) in [5.74, 6) is 1.31. The topological polar surface area (TPSA) is 8.29 Å². The van der Waals surface area contributed by atoms with Gasteiger partial charge in [0.15, 0.2) is 11.2 Å². The second-order valence-electron chi connectivity index (χ2n) is 8.68. The normalized spacial score (nSPS) is 14.2. The van der Waals surface area contributed by atoms with E-state index in [9.17, 15) is 0 Å². The molecule has 0 atom stereocenters. The number of pyridine rings is 1. The lowest BCUT2D eigenvalue weighted by Crippen LogP contribution is -2.51. The lowest BCUT2D eigenvalue weighted by molar-refractivity contribution is -0.736. The minimum Gasteiger partial charge on any atom is -0.217 e. The third-order valence-electron chi connectivity index (χ3n) is 7.04. The van der Waals surface area contributed by atoms with E-state index in [0.29, 0.717) is 0 Å². The van der Waals surface area contributed by atoms with E-state index in [1.807, 2.05) is 0 Å². The van der Waals surface area contributed by atoms with Crippen LogP contribution in [0.4, 0.5) is 0 Å². The summed E-state index contributed by atoms with van der Waals surface area (Å²) in [7, 11) is 0. The molecule has 3 heterocycles. The van der Waals surface area contributed by atoms with Gasteiger partial charge in [-0.2, -0.15) is 4.40 Å². The predicted molar refractivity (Wildman–Crippen MR) is 119 cm³/mol. The zero-order valence-electron chi connectivity index (χ0n) is 17.4. The fourth-order valence-corrected chi connectivity index (χ4v) is 5.28. The standard InChI is InChI=1S/C25H27N2.CH4/c1-14-15(2)17(4)26-18(5)27-24(23(26)16(14)3)21-12-19-10-8-9-11-20(19)13-22(21)25(27,6)7;/h8-13H,1-7H3;1H4/q+1;. The van der Waals surface area contributed by atoms with Crippen molar-refractivity contribution in [1.29, 1.82) is 0 Å². The molecule has 2 heteroatoms. The Hall–Kier alpha value is -2.61. The summed E-state index contributed by atoms with van der Waals surface area (Å²) in [5, 5.41) is 2.64. The Bertz CT molecular complexity index is 1290. The molecule has 0 unspecified atom stereocenters. The molecule has 28 heavy (non-hydrogen) atoms. The van der Waals surface area contributed by atoms with Crippen molar-refractivity contribution in [3.8, 4) is 11.3 Å². The average Bonchev–Trinajstić information content (AvgIpc) is 3.08. The van der Waals surface area contributed by atoms with Crippen LogP contribution in [0.25, 0.3) is 27.5 Å². The molecule has 0 saturated heterocycles. The largest absolute Gasteiger partial charge is 0.259 e. The minimum atomic E-state index is -0.0640. The Balaban J connectivity index is 0.00000192. The van der Waals surface area contributed by atoms with E-state index in [2.05, 4.69) is 93.8 Å². The van der Waals surface area contributed by atoms with Crippen molar-refractivity contribution in [2.24, 2.45) is 0 Å². The van der Waals surface area contributed by atoms with E-state index in [1.54, 1.807) is 0 Å². The molecule has 2 aromatic carbocycles. The summed E-state index contributed by atoms with van der Waals surface area (Å²) in [6, 6.07) is 13.5. The van der Waals surface area contributed by atoms with Crippen LogP contribution in [0.15, 0.2) is 36.4 Å². The van der Waals surface area contributed by atoms with Gasteiger partial charge in [-0.25, -0.2) is 4.57 Å². The van der Waals surface area contributed by atoms with Crippen molar-refractivity contribution in [2.45, 2.75) is 61.4 Å². The van der Waals surface area contributed by atoms with Crippen LogP contribution in [0.1, 0.15) is 55.0 Å². The smallest absolute Gasteiger partial charge is 0.217 e. The molecule has 0 radical (unpaired) electrons. The van der Waals surface area contributed by atoms with Gasteiger partial charge >= 0.3 is 0 Å². The summed E-state index contributed by atoms with van der Waals surface area (Å²) < 4.78 is 5.04. The Morgan fingerprint density at radius 1 is 0.821 bits per heavy atom. The highest BCUT2D eigenvalue weighted by atomic mass is 15.2. The van der Waals surface area contributed by atoms with Crippen LogP contribution in [0, 0.1) is 34.6 Å². The fraction of sp³-hybridized carbons (Fsp3) is 0.346. The molecule has 2 nitrogen and oxygen atoms in total. The molecule has 0 N–H and O–H groups in total. The molecule has 0 bridgehead atoms. The van der Waals surface area contributed by atoms with Gasteiger partial charge in [-0.05, 0) is 75.6 Å². The summed E-state index contributed by atoms with van der Waals surface area (Å²) in [4.78, 5) is 0. The Morgan fingerprint density at radius 2 is 1.43 bits per heavy atom. The van der Waals surface area contributed by atoms with Crippen molar-refractivity contribution in [1.82, 2.24) is 4.40 Å². The van der Waals surface area contributed by atoms with Crippen molar-refractivity contribution in [3.05, 3.63) is 70.2 Å². The lowest BCUT2D eigenvalue weighted by Gasteiger charge is -2.19. The molecule has 0 saturated carbocycles. The summed E-state index contributed by atoms with van der Waals surface area (Å²) in [6.07, 6.45) is 0. The van der Waals surface area contributed by atoms with E-state index in [4.69, 9.17) is 0 Å². The van der Waals surface area contributed by atoms with Crippen LogP contribution in [0.2, 0.25) is 0 Å². The van der Waals surface area contributed by atoms with Gasteiger partial charge in [0.1, 0.15) is 11.2 Å². The first-order valence-corrected chi connectivity index (χ1v) is 9.82. The fourth-order valence-electron chi connectivity index (χ4n) is 5.28. The zero-order valence-corrected chi connectivity index (χ0v) is 17.4. The van der Waals surface area contributed by atoms with Gasteiger partial charge in [0.2, 0.25) is 0 Å². The van der Waals surface area contributed by atoms with Gasteiger partial charge < -0.3 is 0 Å². The van der Waals surface area contributed by atoms with Gasteiger partial charge in [-0.1, -0.05) is 31.7 Å². The van der Waals surface area contributed by atoms with Gasteiger partial charge in [0.05, 0.1) is 0 Å². The highest BCUT2D eigenvalue weighted by Crippen LogP contribution is 2.44. The highest BCUT2D eigenvalue weighted by Gasteiger charge is 2.46. The number of nitrogens with zero attached hydrogens (tertiary/aromatic N) is 2. The molecule has 0 fully saturated rings. The monoisotopic (exact) mass is 371 g/mol. The summed E-state index contributed by atoms with van der Waals surface area (Å²) >= 11 is 0. The third kappa shape index (κ3) is 2.01. The molecular weight excluding hydrogens is 340 g/mol. The van der Waals surface area contributed by atoms with Gasteiger partial charge in [0.25, 0.3) is 5.82 Å². The molecule has 1 aliphatic rings. The van der Waals surface area contributed by atoms with Gasteiger partial charge in [0, 0.05) is 23.6 Å². The molecular formula is C26H31N2+. The lowest BCUT2D eigenvalue weighted by atomic mass is 9.90. The number of hydrogen-bond donors (Lipinski definition) is 0. The first-order chi connectivity index (χ1) is 12.7. The number of hydrogen-bond acceptors (Lipinski definition) is 0. The van der Waals surface area contributed by atoms with Crippen molar-refractivity contribution in [2.75, 3.05) is 0 Å². The summed E-state index contributed by atoms with van der Waals surface area (Å²) in [6.45, 7) is 16.0. The molecule has 2 aromatic heterocycles. The predicted octanol–water partition coefficient (Wildman–Crippen LogP) is 6.32. The van der Waals surface area contributed by atoms with E-state index in [-0.39, 0.29) is 13.0 Å². The maximum atomic E-state index is 2.56. The van der Waals surface area contributed by atoms with Crippen LogP contribution in [0.5, 0.6) is 0 Å². The highest BCUT2D eigenvalue weighted by molar-refractivity contribution is 5.93. The Kier molecular flexibility index (Phi) is 3.81. The van der Waals surface area contributed by atoms with E-state index in [1.165, 1.54) is 61.3 Å². The number of aromatic nitrogens is 2. The van der Waals surface area contributed by atoms with Crippen LogP contribution >= 0.6 is 0 Å². The quantitative estimate of drug-likeness (QED) is 0.320. The van der Waals surface area contributed by atoms with Gasteiger partial charge in [-0.15, -0.1) is 0 Å². The molecule has 4 aromatic rings. The first kappa shape index (κ1) is 18.7. The number of aryl methyl sites for hydroxylation is 3. The second kappa shape index (κ2) is 5.70. The van der Waals surface area contributed by atoms with Crippen molar-refractivity contribution >= 4 is 16.3 Å². The van der Waals surface area contributed by atoms with Crippen LogP contribution < -0.4 is 4.57 Å². The number of imidazole rings is 1. The maximum absolute atomic E-state index is 2.56. The SMILES string of the molecule is C.Cc1c(C)c(C)n2c(C)[n+]3c(c2c1C)-c1cc2ccccc2cc1C3(C)C. The van der Waals surface area contributed by atoms with Gasteiger partial charge in [-0.3, -0.25) is 0 Å². The van der Waals surface area contributed by atoms with E-state index in [0.717, 1.165) is 0 Å². The van der Waals surface area contributed by atoms with E-state index < -0.39 is 0 Å². The molecule has 1 aliphatic heterocycles. The molecule has 144 valence electrons. The van der Waals surface area contributed by atoms with Crippen molar-refractivity contribution < 1.29 is 4.57 Å². The van der Waals surface area contributed by atoms with Crippen molar-refractivity contribution in [3.63, 3.8) is 0 Å². The first-order valence-electron chi connectivity index (χ1n) is 9.82. The zero-order chi connectivity index (χ0) is 19.2. The van der Waals surface area contributed by atoms with Crippen LogP contribution in [-0.4, -0.2) is 4.40 Å². The maximum Gasteiger partial charge on any atom is 0.259 e. The third-order valence-corrected chi connectivity index (χ3v) is 7.04. The molecule has 0 aliphatic carbocycles. The molecule has 0 amide bonds. The Morgan fingerprint density at radius 3 is 2.07 bits per heavy atom. The minimum absolute atomic E-state index is 0. The molecule has 5 rings (SSSR count). The average molecular weight is 372 g/mol. The number of fused-ring (bicyclic) bond motifs is 6. The van der Waals surface area contributed by atoms with Crippen LogP contribution in [0.3, 0.4) is 0 Å². The van der Waals surface area contributed by atoms with Crippen LogP contribution in [-0.2, 0) is 5.54 Å². The van der Waals surface area contributed by atoms with E-state index >= 15 is 0 Å². The second-order valence-corrected chi connectivity index (χ2v) is 8.68. The number of benzene rings is 2. The number of rotatable bonds is 0. The molecule has 0 spiro atoms. The summed E-state index contributed by atoms with van der Waals surface area (Å²) in [5.41, 5.74) is 11.1. The Labute approximate surface area is 168 Å².